The maximum atomic E-state index is 12.0. The third-order valence-electron chi connectivity index (χ3n) is 3.13. The first-order valence-electron chi connectivity index (χ1n) is 7.03. The number of imidazole rings is 1. The number of amides is 1. The highest BCUT2D eigenvalue weighted by atomic mass is 16.2. The first-order chi connectivity index (χ1) is 10.1. The molecule has 0 aliphatic carbocycles. The Morgan fingerprint density at radius 3 is 2.90 bits per heavy atom. The lowest BCUT2D eigenvalue weighted by Crippen LogP contribution is -2.41. The maximum Gasteiger partial charge on any atom is 0.237 e. The summed E-state index contributed by atoms with van der Waals surface area (Å²) in [4.78, 5) is 20.3. The van der Waals surface area contributed by atoms with E-state index in [0.29, 0.717) is 18.9 Å². The normalized spacial score (nSPS) is 12.4. The van der Waals surface area contributed by atoms with Crippen LogP contribution in [0, 0.1) is 5.92 Å². The summed E-state index contributed by atoms with van der Waals surface area (Å²) in [5.74, 6) is 1.02. The van der Waals surface area contributed by atoms with Crippen molar-refractivity contribution in [1.29, 1.82) is 0 Å². The Morgan fingerprint density at radius 1 is 1.43 bits per heavy atom. The van der Waals surface area contributed by atoms with Crippen LogP contribution in [0.3, 0.4) is 0 Å². The number of nitrogens with two attached hydrogens (primary N) is 1. The zero-order valence-corrected chi connectivity index (χ0v) is 12.4. The lowest BCUT2D eigenvalue weighted by molar-refractivity contribution is -0.122. The summed E-state index contributed by atoms with van der Waals surface area (Å²) in [5, 5.41) is 2.87. The van der Waals surface area contributed by atoms with Gasteiger partial charge in [0.25, 0.3) is 0 Å². The molecule has 1 amide bonds. The highest BCUT2D eigenvalue weighted by molar-refractivity contribution is 5.81. The molecule has 0 saturated heterocycles. The van der Waals surface area contributed by atoms with Crippen molar-refractivity contribution in [3.8, 4) is 5.82 Å². The van der Waals surface area contributed by atoms with E-state index in [2.05, 4.69) is 15.3 Å². The number of nitrogens with one attached hydrogen (secondary N) is 1. The number of carbonyl (C=O) groups is 1. The molecule has 0 saturated carbocycles. The Morgan fingerprint density at radius 2 is 2.24 bits per heavy atom. The number of nitrogens with zero attached hydrogens (tertiary/aromatic N) is 3. The molecule has 21 heavy (non-hydrogen) atoms. The molecule has 0 fully saturated rings. The molecule has 6 nitrogen and oxygen atoms in total. The summed E-state index contributed by atoms with van der Waals surface area (Å²) in [6, 6.07) is 3.30. The lowest BCUT2D eigenvalue weighted by Gasteiger charge is -2.15. The van der Waals surface area contributed by atoms with Gasteiger partial charge in [0, 0.05) is 30.7 Å². The largest absolute Gasteiger partial charge is 0.351 e. The number of rotatable bonds is 6. The van der Waals surface area contributed by atoms with Crippen LogP contribution in [0.1, 0.15) is 25.8 Å². The van der Waals surface area contributed by atoms with Gasteiger partial charge in [-0.05, 0) is 18.4 Å². The zero-order chi connectivity index (χ0) is 15.2. The average Bonchev–Trinajstić information content (AvgIpc) is 2.98. The maximum absolute atomic E-state index is 12.0. The second-order valence-corrected chi connectivity index (χ2v) is 5.41. The van der Waals surface area contributed by atoms with Crippen LogP contribution in [-0.4, -0.2) is 26.5 Å². The molecular formula is C15H21N5O. The monoisotopic (exact) mass is 287 g/mol. The van der Waals surface area contributed by atoms with Gasteiger partial charge in [0.1, 0.15) is 12.1 Å². The molecule has 1 atom stereocenters. The fraction of sp³-hybridized carbons (Fsp3) is 0.400. The molecule has 0 spiro atoms. The van der Waals surface area contributed by atoms with Gasteiger partial charge in [0.15, 0.2) is 0 Å². The van der Waals surface area contributed by atoms with E-state index in [4.69, 9.17) is 5.73 Å². The quantitative estimate of drug-likeness (QED) is 0.837. The standard InChI is InChI=1S/C15H21N5O/c1-11(2)8-13(16)15(21)19-9-12-4-3-5-18-14(12)20-7-6-17-10-20/h3-7,10-11,13H,8-9,16H2,1-2H3,(H,19,21)/t13-/m0/s1. The predicted molar refractivity (Wildman–Crippen MR) is 80.6 cm³/mol. The number of aromatic nitrogens is 3. The number of hydrogen-bond acceptors (Lipinski definition) is 4. The molecular weight excluding hydrogens is 266 g/mol. The molecule has 0 aliphatic heterocycles. The molecule has 112 valence electrons. The minimum absolute atomic E-state index is 0.135. The second kappa shape index (κ2) is 6.99. The van der Waals surface area contributed by atoms with E-state index in [-0.39, 0.29) is 5.91 Å². The Kier molecular flexibility index (Phi) is 5.05. The van der Waals surface area contributed by atoms with E-state index < -0.39 is 6.04 Å². The fourth-order valence-corrected chi connectivity index (χ4v) is 2.11. The highest BCUT2D eigenvalue weighted by Crippen LogP contribution is 2.11. The summed E-state index contributed by atoms with van der Waals surface area (Å²) in [5.41, 5.74) is 6.79. The molecule has 2 aromatic rings. The van der Waals surface area contributed by atoms with Crippen molar-refractivity contribution in [1.82, 2.24) is 19.9 Å². The van der Waals surface area contributed by atoms with Gasteiger partial charge < -0.3 is 11.1 Å². The third-order valence-corrected chi connectivity index (χ3v) is 3.13. The summed E-state index contributed by atoms with van der Waals surface area (Å²) in [7, 11) is 0. The minimum Gasteiger partial charge on any atom is -0.351 e. The highest BCUT2D eigenvalue weighted by Gasteiger charge is 2.15. The number of hydrogen-bond donors (Lipinski definition) is 2. The van der Waals surface area contributed by atoms with Gasteiger partial charge in [-0.15, -0.1) is 0 Å². The summed E-state index contributed by atoms with van der Waals surface area (Å²) >= 11 is 0. The molecule has 2 rings (SSSR count). The molecule has 6 heteroatoms. The smallest absolute Gasteiger partial charge is 0.237 e. The topological polar surface area (TPSA) is 85.8 Å². The van der Waals surface area contributed by atoms with Crippen LogP contribution >= 0.6 is 0 Å². The van der Waals surface area contributed by atoms with Crippen molar-refractivity contribution >= 4 is 5.91 Å². The molecule has 0 aliphatic rings. The van der Waals surface area contributed by atoms with E-state index in [1.165, 1.54) is 0 Å². The molecule has 0 aromatic carbocycles. The zero-order valence-electron chi connectivity index (χ0n) is 12.4. The Balaban J connectivity index is 2.02. The van der Waals surface area contributed by atoms with Crippen LogP contribution in [-0.2, 0) is 11.3 Å². The van der Waals surface area contributed by atoms with E-state index in [1.54, 1.807) is 18.7 Å². The Labute approximate surface area is 124 Å². The van der Waals surface area contributed by atoms with Gasteiger partial charge in [-0.25, -0.2) is 9.97 Å². The van der Waals surface area contributed by atoms with Crippen molar-refractivity contribution in [2.45, 2.75) is 32.9 Å². The van der Waals surface area contributed by atoms with Gasteiger partial charge in [0.2, 0.25) is 5.91 Å². The van der Waals surface area contributed by atoms with E-state index in [9.17, 15) is 4.79 Å². The van der Waals surface area contributed by atoms with Crippen LogP contribution in [0.2, 0.25) is 0 Å². The minimum atomic E-state index is -0.474. The van der Waals surface area contributed by atoms with Crippen LogP contribution < -0.4 is 11.1 Å². The van der Waals surface area contributed by atoms with Gasteiger partial charge in [-0.2, -0.15) is 0 Å². The van der Waals surface area contributed by atoms with Crippen molar-refractivity contribution in [3.05, 3.63) is 42.6 Å². The van der Waals surface area contributed by atoms with Crippen LogP contribution in [0.15, 0.2) is 37.1 Å². The predicted octanol–water partition coefficient (Wildman–Crippen LogP) is 1.26. The van der Waals surface area contributed by atoms with Crippen molar-refractivity contribution in [2.75, 3.05) is 0 Å². The summed E-state index contributed by atoms with van der Waals surface area (Å²) in [6.45, 7) is 4.49. The molecule has 2 heterocycles. The molecule has 3 N–H and O–H groups in total. The lowest BCUT2D eigenvalue weighted by atomic mass is 10.0. The second-order valence-electron chi connectivity index (χ2n) is 5.41. The first kappa shape index (κ1) is 15.2. The van der Waals surface area contributed by atoms with Gasteiger partial charge >= 0.3 is 0 Å². The molecule has 2 aromatic heterocycles. The van der Waals surface area contributed by atoms with Crippen LogP contribution in [0.4, 0.5) is 0 Å². The fourth-order valence-electron chi connectivity index (χ4n) is 2.11. The average molecular weight is 287 g/mol. The number of carbonyl (C=O) groups excluding carboxylic acids is 1. The van der Waals surface area contributed by atoms with E-state index in [0.717, 1.165) is 11.4 Å². The van der Waals surface area contributed by atoms with Crippen LogP contribution in [0.5, 0.6) is 0 Å². The van der Waals surface area contributed by atoms with Gasteiger partial charge in [-0.3, -0.25) is 9.36 Å². The Bertz CT molecular complexity index is 580. The van der Waals surface area contributed by atoms with Crippen LogP contribution in [0.25, 0.3) is 5.82 Å². The van der Waals surface area contributed by atoms with Crippen molar-refractivity contribution in [3.63, 3.8) is 0 Å². The summed E-state index contributed by atoms with van der Waals surface area (Å²) < 4.78 is 1.82. The molecule has 0 bridgehead atoms. The van der Waals surface area contributed by atoms with E-state index >= 15 is 0 Å². The number of pyridine rings is 1. The van der Waals surface area contributed by atoms with Gasteiger partial charge in [0.05, 0.1) is 6.04 Å². The Hall–Kier alpha value is -2.21. The SMILES string of the molecule is CC(C)C[C@H](N)C(=O)NCc1cccnc1-n1ccnc1. The third kappa shape index (κ3) is 4.13. The van der Waals surface area contributed by atoms with Gasteiger partial charge in [-0.1, -0.05) is 19.9 Å². The summed E-state index contributed by atoms with van der Waals surface area (Å²) in [6.07, 6.45) is 7.57. The van der Waals surface area contributed by atoms with Crippen molar-refractivity contribution < 1.29 is 4.79 Å². The molecule has 0 radical (unpaired) electrons. The van der Waals surface area contributed by atoms with E-state index in [1.807, 2.05) is 36.7 Å². The first-order valence-corrected chi connectivity index (χ1v) is 7.03. The van der Waals surface area contributed by atoms with Crippen molar-refractivity contribution in [2.24, 2.45) is 11.7 Å². The molecule has 0 unspecified atom stereocenters.